The van der Waals surface area contributed by atoms with E-state index in [1.54, 1.807) is 0 Å². The Morgan fingerprint density at radius 3 is 1.50 bits per heavy atom. The molecule has 2 aromatic heterocycles. The predicted octanol–water partition coefficient (Wildman–Crippen LogP) is 18.4. The maximum Gasteiger partial charge on any atom is 0.0540 e. The second-order valence-corrected chi connectivity index (χ2v) is 18.3. The molecule has 12 aromatic rings. The Morgan fingerprint density at radius 2 is 0.750 bits per heavy atom. The number of benzene rings is 10. The minimum absolute atomic E-state index is 1.11. The molecule has 12 rings (SSSR count). The van der Waals surface area contributed by atoms with Crippen LogP contribution >= 0.6 is 22.7 Å². The summed E-state index contributed by atoms with van der Waals surface area (Å²) in [6.07, 6.45) is 0. The number of para-hydroxylation sites is 4. The Labute approximate surface area is 380 Å². The summed E-state index contributed by atoms with van der Waals surface area (Å²) in [7, 11) is 0. The first-order chi connectivity index (χ1) is 31.7. The number of nitrogens with zero attached hydrogens (tertiary/aromatic N) is 2. The lowest BCUT2D eigenvalue weighted by Crippen LogP contribution is -2.10. The molecule has 0 saturated heterocycles. The third-order valence-electron chi connectivity index (χ3n) is 12.2. The lowest BCUT2D eigenvalue weighted by Gasteiger charge is -2.28. The van der Waals surface area contributed by atoms with Crippen LogP contribution in [0.5, 0.6) is 0 Å². The van der Waals surface area contributed by atoms with Gasteiger partial charge >= 0.3 is 0 Å². The number of hydrogen-bond donors (Lipinski definition) is 0. The highest BCUT2D eigenvalue weighted by Gasteiger charge is 2.20. The van der Waals surface area contributed by atoms with Crippen molar-refractivity contribution in [3.63, 3.8) is 0 Å². The predicted molar refractivity (Wildman–Crippen MR) is 278 cm³/mol. The number of rotatable bonds is 9. The lowest BCUT2D eigenvalue weighted by atomic mass is 9.94. The fraction of sp³-hybridized carbons (Fsp3) is 0. The highest BCUT2D eigenvalue weighted by molar-refractivity contribution is 7.26. The maximum absolute atomic E-state index is 2.39. The Balaban J connectivity index is 0.947. The molecule has 0 N–H and O–H groups in total. The molecule has 10 aromatic carbocycles. The second-order valence-electron chi connectivity index (χ2n) is 16.1. The lowest BCUT2D eigenvalue weighted by molar-refractivity contribution is 1.28. The van der Waals surface area contributed by atoms with Gasteiger partial charge < -0.3 is 9.80 Å². The quantitative estimate of drug-likeness (QED) is 0.143. The van der Waals surface area contributed by atoms with Crippen molar-refractivity contribution in [2.24, 2.45) is 0 Å². The van der Waals surface area contributed by atoms with Gasteiger partial charge in [-0.05, 0) is 131 Å². The summed E-state index contributed by atoms with van der Waals surface area (Å²) in [5.74, 6) is 0. The molecular weight excluding hydrogens is 813 g/mol. The highest BCUT2D eigenvalue weighted by Crippen LogP contribution is 2.46. The van der Waals surface area contributed by atoms with Crippen molar-refractivity contribution < 1.29 is 0 Å². The normalized spacial score (nSPS) is 11.4. The molecule has 0 saturated carbocycles. The van der Waals surface area contributed by atoms with Gasteiger partial charge in [0.1, 0.15) is 0 Å². The van der Waals surface area contributed by atoms with Crippen molar-refractivity contribution in [1.29, 1.82) is 0 Å². The van der Waals surface area contributed by atoms with Crippen LogP contribution in [-0.4, -0.2) is 0 Å². The molecule has 0 aliphatic rings. The number of fused-ring (bicyclic) bond motifs is 6. The largest absolute Gasteiger partial charge is 0.310 e. The van der Waals surface area contributed by atoms with E-state index in [4.69, 9.17) is 0 Å². The van der Waals surface area contributed by atoms with E-state index in [2.05, 4.69) is 252 Å². The van der Waals surface area contributed by atoms with Gasteiger partial charge in [-0.1, -0.05) is 140 Å². The molecule has 2 nitrogen and oxygen atoms in total. The van der Waals surface area contributed by atoms with Gasteiger partial charge in [-0.2, -0.15) is 0 Å². The van der Waals surface area contributed by atoms with Crippen molar-refractivity contribution in [2.75, 3.05) is 9.80 Å². The molecule has 0 atom stereocenters. The van der Waals surface area contributed by atoms with Gasteiger partial charge in [0.25, 0.3) is 0 Å². The zero-order chi connectivity index (χ0) is 42.4. The smallest absolute Gasteiger partial charge is 0.0540 e. The average Bonchev–Trinajstić information content (AvgIpc) is 3.94. The first kappa shape index (κ1) is 38.0. The maximum atomic E-state index is 2.39. The zero-order valence-electron chi connectivity index (χ0n) is 34.8. The summed E-state index contributed by atoms with van der Waals surface area (Å²) in [4.78, 5) is 4.74. The molecule has 302 valence electrons. The fourth-order valence-corrected chi connectivity index (χ4v) is 11.5. The van der Waals surface area contributed by atoms with Gasteiger partial charge in [-0.3, -0.25) is 0 Å². The molecule has 0 amide bonds. The van der Waals surface area contributed by atoms with Crippen molar-refractivity contribution in [2.45, 2.75) is 0 Å². The highest BCUT2D eigenvalue weighted by atomic mass is 32.1. The molecule has 0 bridgehead atoms. The number of anilines is 6. The van der Waals surface area contributed by atoms with Crippen LogP contribution in [0, 0.1) is 0 Å². The SMILES string of the molecule is c1ccc(N(c2ccc(-c3ccc4sc5ccccc5c4c3)cc2)c2ccc3sc4cccc(-c5cccc(-c6ccccc6N(c6ccccc6)c6ccccc6)c5)c4c3c2)cc1. The van der Waals surface area contributed by atoms with Crippen molar-refractivity contribution in [3.8, 4) is 33.4 Å². The monoisotopic (exact) mass is 852 g/mol. The Kier molecular flexibility index (Phi) is 9.59. The van der Waals surface area contributed by atoms with Gasteiger partial charge in [0.05, 0.1) is 5.69 Å². The van der Waals surface area contributed by atoms with E-state index in [0.717, 1.165) is 34.1 Å². The number of thiophene rings is 2. The minimum Gasteiger partial charge on any atom is -0.310 e. The second kappa shape index (κ2) is 16.2. The molecule has 0 unspecified atom stereocenters. The van der Waals surface area contributed by atoms with Crippen LogP contribution in [0.3, 0.4) is 0 Å². The molecule has 0 aliphatic heterocycles. The minimum atomic E-state index is 1.11. The third-order valence-corrected chi connectivity index (χ3v) is 14.5. The van der Waals surface area contributed by atoms with Crippen LogP contribution in [0.15, 0.2) is 243 Å². The van der Waals surface area contributed by atoms with Crippen LogP contribution < -0.4 is 9.80 Å². The van der Waals surface area contributed by atoms with Crippen LogP contribution in [0.1, 0.15) is 0 Å². The zero-order valence-corrected chi connectivity index (χ0v) is 36.4. The topological polar surface area (TPSA) is 6.48 Å². The van der Waals surface area contributed by atoms with Gasteiger partial charge in [0.2, 0.25) is 0 Å². The van der Waals surface area contributed by atoms with E-state index in [-0.39, 0.29) is 0 Å². The molecule has 0 fully saturated rings. The van der Waals surface area contributed by atoms with Crippen LogP contribution in [0.2, 0.25) is 0 Å². The molecule has 64 heavy (non-hydrogen) atoms. The summed E-state index contributed by atoms with van der Waals surface area (Å²) in [5, 5.41) is 5.18. The van der Waals surface area contributed by atoms with Gasteiger partial charge in [-0.25, -0.2) is 0 Å². The summed E-state index contributed by atoms with van der Waals surface area (Å²) >= 11 is 3.72. The molecule has 0 spiro atoms. The fourth-order valence-electron chi connectivity index (χ4n) is 9.28. The van der Waals surface area contributed by atoms with E-state index < -0.39 is 0 Å². The Hall–Kier alpha value is -7.76. The summed E-state index contributed by atoms with van der Waals surface area (Å²) < 4.78 is 5.20. The van der Waals surface area contributed by atoms with Gasteiger partial charge in [0, 0.05) is 74.3 Å². The van der Waals surface area contributed by atoms with Gasteiger partial charge in [-0.15, -0.1) is 22.7 Å². The van der Waals surface area contributed by atoms with E-state index in [1.807, 2.05) is 22.7 Å². The Morgan fingerprint density at radius 1 is 0.250 bits per heavy atom. The first-order valence-electron chi connectivity index (χ1n) is 21.7. The third kappa shape index (κ3) is 6.81. The van der Waals surface area contributed by atoms with E-state index in [9.17, 15) is 0 Å². The van der Waals surface area contributed by atoms with Crippen molar-refractivity contribution in [1.82, 2.24) is 0 Å². The molecule has 2 heterocycles. The van der Waals surface area contributed by atoms with Crippen LogP contribution in [-0.2, 0) is 0 Å². The van der Waals surface area contributed by atoms with Crippen molar-refractivity contribution >= 4 is 97.1 Å². The average molecular weight is 853 g/mol. The van der Waals surface area contributed by atoms with Crippen molar-refractivity contribution in [3.05, 3.63) is 243 Å². The van der Waals surface area contributed by atoms with Crippen LogP contribution in [0.25, 0.3) is 73.7 Å². The summed E-state index contributed by atoms with van der Waals surface area (Å²) in [6, 6.07) is 88.2. The molecular formula is C60H40N2S2. The van der Waals surface area contributed by atoms with E-state index >= 15 is 0 Å². The Bertz CT molecular complexity index is 3570. The molecule has 4 heteroatoms. The summed E-state index contributed by atoms with van der Waals surface area (Å²) in [6.45, 7) is 0. The summed E-state index contributed by atoms with van der Waals surface area (Å²) in [5.41, 5.74) is 13.9. The van der Waals surface area contributed by atoms with E-state index in [0.29, 0.717) is 0 Å². The first-order valence-corrected chi connectivity index (χ1v) is 23.3. The number of hydrogen-bond acceptors (Lipinski definition) is 4. The standard InChI is InChI=1S/C60H40N2S2/c1-4-18-45(19-5-1)61(48-33-30-41(31-34-48)42-32-36-57-53(39-42)52-25-11-13-28-56(52)63-57)49-35-37-58-54(40-49)60-51(26-15-29-59(60)64-58)44-17-14-16-43(38-44)50-24-10-12-27-55(50)62(46-20-6-2-7-21-46)47-22-8-3-9-23-47/h1-40H. The van der Waals surface area contributed by atoms with E-state index in [1.165, 1.54) is 73.7 Å². The van der Waals surface area contributed by atoms with Gasteiger partial charge in [0.15, 0.2) is 0 Å². The van der Waals surface area contributed by atoms with Crippen LogP contribution in [0.4, 0.5) is 34.1 Å². The molecule has 0 radical (unpaired) electrons. The molecule has 0 aliphatic carbocycles.